The van der Waals surface area contributed by atoms with Crippen LogP contribution in [0.5, 0.6) is 0 Å². The lowest BCUT2D eigenvalue weighted by Gasteiger charge is -2.33. The summed E-state index contributed by atoms with van der Waals surface area (Å²) in [5.74, 6) is 0. The highest BCUT2D eigenvalue weighted by Gasteiger charge is 2.60. The number of likely N-dealkylation sites (tertiary alicyclic amines) is 1. The van der Waals surface area contributed by atoms with E-state index < -0.39 is 36.6 Å². The highest BCUT2D eigenvalue weighted by atomic mass is 35.5. The van der Waals surface area contributed by atoms with Crippen LogP contribution >= 0.6 is 23.2 Å². The number of nitrogens with one attached hydrogen (secondary N) is 2. The Balaban J connectivity index is 1.85. The summed E-state index contributed by atoms with van der Waals surface area (Å²) in [5.41, 5.74) is 0.282. The largest absolute Gasteiger partial charge is 0.434 e. The van der Waals surface area contributed by atoms with E-state index in [9.17, 15) is 35.9 Å². The Bertz CT molecular complexity index is 768. The van der Waals surface area contributed by atoms with Gasteiger partial charge in [-0.2, -0.15) is 26.3 Å². The summed E-state index contributed by atoms with van der Waals surface area (Å²) < 4.78 is 78.6. The van der Waals surface area contributed by atoms with Crippen LogP contribution in [0.2, 0.25) is 10.0 Å². The number of benzene rings is 1. The normalized spacial score (nSPS) is 15.8. The number of alkyl halides is 6. The summed E-state index contributed by atoms with van der Waals surface area (Å²) in [6, 6.07) is 3.29. The van der Waals surface area contributed by atoms with E-state index in [2.05, 4.69) is 15.4 Å². The first kappa shape index (κ1) is 24.2. The molecule has 0 saturated carbocycles. The first-order chi connectivity index (χ1) is 13.8. The fraction of sp³-hybridized carbons (Fsp3) is 0.500. The molecule has 0 spiro atoms. The first-order valence-electron chi connectivity index (χ1n) is 8.39. The molecule has 2 rings (SSSR count). The third-order valence-corrected chi connectivity index (χ3v) is 4.63. The Hall–Kier alpha value is -2.08. The van der Waals surface area contributed by atoms with Gasteiger partial charge in [-0.05, 0) is 31.0 Å². The van der Waals surface area contributed by atoms with Gasteiger partial charge in [0.05, 0.1) is 10.7 Å². The third kappa shape index (κ3) is 6.73. The van der Waals surface area contributed by atoms with Crippen LogP contribution in [0.1, 0.15) is 12.8 Å². The van der Waals surface area contributed by atoms with E-state index in [1.807, 2.05) is 0 Å². The quantitative estimate of drug-likeness (QED) is 0.582. The number of urea groups is 1. The molecule has 30 heavy (non-hydrogen) atoms. The number of piperidine rings is 1. The molecule has 0 atom stereocenters. The second-order valence-corrected chi connectivity index (χ2v) is 7.17. The van der Waals surface area contributed by atoms with Crippen LogP contribution in [0.25, 0.3) is 0 Å². The minimum atomic E-state index is -5.78. The van der Waals surface area contributed by atoms with Crippen LogP contribution in [-0.2, 0) is 4.74 Å². The van der Waals surface area contributed by atoms with Gasteiger partial charge in [-0.15, -0.1) is 0 Å². The van der Waals surface area contributed by atoms with Crippen LogP contribution in [0.3, 0.4) is 0 Å². The topological polar surface area (TPSA) is 70.7 Å². The van der Waals surface area contributed by atoms with Gasteiger partial charge < -0.3 is 20.3 Å². The predicted molar refractivity (Wildman–Crippen MR) is 95.6 cm³/mol. The number of amides is 3. The molecule has 1 fully saturated rings. The first-order valence-corrected chi connectivity index (χ1v) is 9.14. The highest BCUT2D eigenvalue weighted by Crippen LogP contribution is 2.36. The Morgan fingerprint density at radius 2 is 1.63 bits per heavy atom. The Morgan fingerprint density at radius 3 is 2.13 bits per heavy atom. The molecule has 1 aromatic rings. The van der Waals surface area contributed by atoms with Crippen molar-refractivity contribution in [1.82, 2.24) is 10.2 Å². The lowest BCUT2D eigenvalue weighted by Crippen LogP contribution is -2.51. The Kier molecular flexibility index (Phi) is 7.56. The molecule has 1 aromatic carbocycles. The average Bonchev–Trinajstić information content (AvgIpc) is 2.60. The van der Waals surface area contributed by atoms with Gasteiger partial charge in [0.15, 0.2) is 0 Å². The lowest BCUT2D eigenvalue weighted by molar-refractivity contribution is -0.308. The number of ether oxygens (including phenoxy) is 1. The van der Waals surface area contributed by atoms with Crippen LogP contribution < -0.4 is 10.6 Å². The molecule has 6 nitrogen and oxygen atoms in total. The van der Waals surface area contributed by atoms with Crippen molar-refractivity contribution in [3.8, 4) is 0 Å². The number of anilines is 1. The average molecular weight is 482 g/mol. The van der Waals surface area contributed by atoms with Crippen molar-refractivity contribution in [2.24, 2.45) is 0 Å². The van der Waals surface area contributed by atoms with Crippen LogP contribution in [-0.4, -0.2) is 54.6 Å². The summed E-state index contributed by atoms with van der Waals surface area (Å²) in [4.78, 5) is 24.5. The van der Waals surface area contributed by atoms with Crippen LogP contribution in [0.15, 0.2) is 18.2 Å². The van der Waals surface area contributed by atoms with Crippen molar-refractivity contribution in [2.75, 3.05) is 18.4 Å². The molecule has 1 heterocycles. The highest BCUT2D eigenvalue weighted by molar-refractivity contribution is 6.36. The number of carbonyl (C=O) groups excluding carboxylic acids is 2. The second-order valence-electron chi connectivity index (χ2n) is 6.33. The zero-order valence-corrected chi connectivity index (χ0v) is 16.4. The van der Waals surface area contributed by atoms with E-state index in [0.29, 0.717) is 5.02 Å². The van der Waals surface area contributed by atoms with Crippen LogP contribution in [0, 0.1) is 0 Å². The fourth-order valence-electron chi connectivity index (χ4n) is 2.64. The van der Waals surface area contributed by atoms with Crippen molar-refractivity contribution < 1.29 is 40.7 Å². The van der Waals surface area contributed by atoms with Gasteiger partial charge >= 0.3 is 24.5 Å². The van der Waals surface area contributed by atoms with Gasteiger partial charge in [-0.1, -0.05) is 23.2 Å². The maximum absolute atomic E-state index is 12.5. The van der Waals surface area contributed by atoms with Crippen molar-refractivity contribution in [2.45, 2.75) is 37.3 Å². The van der Waals surface area contributed by atoms with Gasteiger partial charge in [0, 0.05) is 24.2 Å². The predicted octanol–water partition coefficient (Wildman–Crippen LogP) is 5.21. The molecular formula is C16H15Cl2F6N3O3. The smallest absolute Gasteiger partial charge is 0.426 e. The zero-order chi connectivity index (χ0) is 22.7. The van der Waals surface area contributed by atoms with Crippen molar-refractivity contribution in [3.05, 3.63) is 28.2 Å². The van der Waals surface area contributed by atoms with Crippen molar-refractivity contribution >= 4 is 41.0 Å². The molecule has 1 saturated heterocycles. The number of carbonyl (C=O) groups is 2. The molecule has 0 radical (unpaired) electrons. The van der Waals surface area contributed by atoms with Gasteiger partial charge in [-0.25, -0.2) is 9.59 Å². The number of halogens is 8. The molecule has 1 aliphatic rings. The summed E-state index contributed by atoms with van der Waals surface area (Å²) in [6.45, 7) is -0.401. The fourth-order valence-corrected chi connectivity index (χ4v) is 3.09. The summed E-state index contributed by atoms with van der Waals surface area (Å²) >= 11 is 11.7. The minimum Gasteiger partial charge on any atom is -0.426 e. The van der Waals surface area contributed by atoms with Gasteiger partial charge in [0.1, 0.15) is 0 Å². The Morgan fingerprint density at radius 1 is 1.07 bits per heavy atom. The van der Waals surface area contributed by atoms with E-state index in [1.54, 1.807) is 0 Å². The molecule has 0 bridgehead atoms. The molecule has 2 N–H and O–H groups in total. The number of hydrogen-bond donors (Lipinski definition) is 2. The van der Waals surface area contributed by atoms with E-state index in [1.165, 1.54) is 18.2 Å². The molecule has 0 aliphatic carbocycles. The molecule has 14 heteroatoms. The van der Waals surface area contributed by atoms with E-state index in [0.717, 1.165) is 4.90 Å². The van der Waals surface area contributed by atoms with E-state index in [-0.39, 0.29) is 36.6 Å². The zero-order valence-electron chi connectivity index (χ0n) is 14.9. The Labute approximate surface area is 176 Å². The van der Waals surface area contributed by atoms with E-state index in [4.69, 9.17) is 23.2 Å². The molecule has 0 aromatic heterocycles. The van der Waals surface area contributed by atoms with E-state index >= 15 is 0 Å². The summed E-state index contributed by atoms with van der Waals surface area (Å²) in [7, 11) is 0. The third-order valence-electron chi connectivity index (χ3n) is 4.08. The van der Waals surface area contributed by atoms with Gasteiger partial charge in [0.25, 0.3) is 6.10 Å². The van der Waals surface area contributed by atoms with Crippen molar-refractivity contribution in [3.63, 3.8) is 0 Å². The molecule has 0 unspecified atom stereocenters. The molecule has 3 amide bonds. The SMILES string of the molecule is O=C(Nc1ccc(Cl)cc1Cl)NC1CCN(C(=O)OC(C(F)(F)F)C(F)(F)F)CC1. The standard InChI is InChI=1S/C16H15Cl2F6N3O3/c17-8-1-2-11(10(18)7-8)26-13(28)25-9-3-5-27(6-4-9)14(29)30-12(15(19,20)21)16(22,23)24/h1-2,7,9,12H,3-6H2,(H2,25,26,28). The number of hydrogen-bond acceptors (Lipinski definition) is 3. The monoisotopic (exact) mass is 481 g/mol. The van der Waals surface area contributed by atoms with Crippen LogP contribution in [0.4, 0.5) is 41.6 Å². The summed E-state index contributed by atoms with van der Waals surface area (Å²) in [6.07, 6.45) is -17.3. The molecular weight excluding hydrogens is 467 g/mol. The lowest BCUT2D eigenvalue weighted by atomic mass is 10.1. The summed E-state index contributed by atoms with van der Waals surface area (Å²) in [5, 5.41) is 5.62. The second kappa shape index (κ2) is 9.38. The maximum atomic E-state index is 12.5. The molecule has 168 valence electrons. The number of nitrogens with zero attached hydrogens (tertiary/aromatic N) is 1. The van der Waals surface area contributed by atoms with Gasteiger partial charge in [0.2, 0.25) is 0 Å². The maximum Gasteiger partial charge on any atom is 0.434 e. The number of rotatable bonds is 3. The minimum absolute atomic E-state index is 0.0968. The molecule has 1 aliphatic heterocycles. The van der Waals surface area contributed by atoms with Crippen molar-refractivity contribution in [1.29, 1.82) is 0 Å². The van der Waals surface area contributed by atoms with Gasteiger partial charge in [-0.3, -0.25) is 0 Å².